The summed E-state index contributed by atoms with van der Waals surface area (Å²) in [6.45, 7) is 26.3. The fraction of sp³-hybridized carbons (Fsp3) is 0.667. The van der Waals surface area contributed by atoms with Gasteiger partial charge in [-0.15, -0.1) is 5.73 Å². The van der Waals surface area contributed by atoms with Gasteiger partial charge in [-0.25, -0.2) is 0 Å². The van der Waals surface area contributed by atoms with Gasteiger partial charge in [0.25, 0.3) is 0 Å². The van der Waals surface area contributed by atoms with Crippen LogP contribution in [-0.2, 0) is 13.3 Å². The van der Waals surface area contributed by atoms with Crippen LogP contribution in [0.3, 0.4) is 0 Å². The molecule has 0 saturated heterocycles. The number of benzene rings is 1. The highest BCUT2D eigenvalue weighted by atomic mass is 28.4. The van der Waals surface area contributed by atoms with Gasteiger partial charge < -0.3 is 13.3 Å². The highest BCUT2D eigenvalue weighted by Gasteiger charge is 2.59. The summed E-state index contributed by atoms with van der Waals surface area (Å²) in [4.78, 5) is 0. The third-order valence-electron chi connectivity index (χ3n) is 6.98. The minimum atomic E-state index is -2.69. The van der Waals surface area contributed by atoms with Crippen molar-refractivity contribution in [2.24, 2.45) is 0 Å². The zero-order valence-corrected chi connectivity index (χ0v) is 24.4. The molecule has 3 nitrogen and oxygen atoms in total. The highest BCUT2D eigenvalue weighted by molar-refractivity contribution is 6.74. The van der Waals surface area contributed by atoms with Crippen LogP contribution in [0.5, 0.6) is 0 Å². The van der Waals surface area contributed by atoms with Gasteiger partial charge in [0.05, 0.1) is 6.61 Å². The monoisotopic (exact) mass is 474 g/mol. The quantitative estimate of drug-likeness (QED) is 0.317. The molecule has 0 N–H and O–H groups in total. The van der Waals surface area contributed by atoms with E-state index in [9.17, 15) is 0 Å². The fourth-order valence-electron chi connectivity index (χ4n) is 4.32. The second kappa shape index (κ2) is 9.73. The predicted molar refractivity (Wildman–Crippen MR) is 141 cm³/mol. The highest BCUT2D eigenvalue weighted by Crippen LogP contribution is 2.55. The van der Waals surface area contributed by atoms with E-state index in [1.165, 1.54) is 0 Å². The van der Waals surface area contributed by atoms with Crippen molar-refractivity contribution >= 4 is 16.9 Å². The molecule has 0 fully saturated rings. The smallest absolute Gasteiger partial charge is 0.350 e. The molecule has 1 aromatic carbocycles. The molecule has 1 atom stereocenters. The summed E-state index contributed by atoms with van der Waals surface area (Å²) in [5.41, 5.74) is 5.85. The molecule has 2 rings (SSSR count). The van der Waals surface area contributed by atoms with E-state index in [0.29, 0.717) is 13.2 Å². The van der Waals surface area contributed by atoms with E-state index in [4.69, 9.17) is 13.3 Å². The maximum absolute atomic E-state index is 7.21. The fourth-order valence-corrected chi connectivity index (χ4v) is 10.2. The van der Waals surface area contributed by atoms with Crippen LogP contribution in [0, 0.1) is 0 Å². The summed E-state index contributed by atoms with van der Waals surface area (Å²) in [7, 11) is -4.50. The van der Waals surface area contributed by atoms with E-state index >= 15 is 0 Å². The van der Waals surface area contributed by atoms with Gasteiger partial charge in [0.1, 0.15) is 6.10 Å². The first kappa shape index (κ1) is 27.3. The molecule has 0 spiro atoms. The molecule has 5 heteroatoms. The Bertz CT molecular complexity index is 803. The molecule has 1 aromatic rings. The third-order valence-corrected chi connectivity index (χ3v) is 16.6. The first-order valence-electron chi connectivity index (χ1n) is 12.0. The van der Waals surface area contributed by atoms with E-state index in [1.54, 1.807) is 0 Å². The summed E-state index contributed by atoms with van der Waals surface area (Å²) < 4.78 is 20.4. The van der Waals surface area contributed by atoms with Crippen molar-refractivity contribution in [1.29, 1.82) is 0 Å². The predicted octanol–water partition coefficient (Wildman–Crippen LogP) is 8.31. The number of rotatable bonds is 5. The van der Waals surface area contributed by atoms with Crippen molar-refractivity contribution in [2.75, 3.05) is 13.2 Å². The van der Waals surface area contributed by atoms with Gasteiger partial charge in [-0.05, 0) is 29.8 Å². The zero-order chi connectivity index (χ0) is 24.4. The van der Waals surface area contributed by atoms with Gasteiger partial charge in [-0.2, -0.15) is 0 Å². The molecule has 0 bridgehead atoms. The van der Waals surface area contributed by atoms with E-state index in [2.05, 4.69) is 118 Å². The van der Waals surface area contributed by atoms with Gasteiger partial charge in [0.15, 0.2) is 8.32 Å². The van der Waals surface area contributed by atoms with Crippen LogP contribution in [0.2, 0.25) is 28.2 Å². The van der Waals surface area contributed by atoms with Crippen molar-refractivity contribution < 1.29 is 13.3 Å². The molecule has 1 unspecified atom stereocenters. The van der Waals surface area contributed by atoms with Crippen molar-refractivity contribution in [3.05, 3.63) is 53.3 Å². The zero-order valence-electron chi connectivity index (χ0n) is 22.4. The lowest BCUT2D eigenvalue weighted by atomic mass is 10.00. The summed E-state index contributed by atoms with van der Waals surface area (Å²) in [5.74, 6) is 0. The minimum Gasteiger partial charge on any atom is -0.416 e. The molecule has 1 aliphatic rings. The average molecular weight is 475 g/mol. The maximum Gasteiger partial charge on any atom is 0.350 e. The van der Waals surface area contributed by atoms with Gasteiger partial charge in [-0.1, -0.05) is 92.6 Å². The number of hydrogen-bond acceptors (Lipinski definition) is 3. The van der Waals surface area contributed by atoms with E-state index in [-0.39, 0.29) is 21.2 Å². The molecule has 180 valence electrons. The van der Waals surface area contributed by atoms with Crippen LogP contribution in [0.1, 0.15) is 80.4 Å². The van der Waals surface area contributed by atoms with Crippen molar-refractivity contribution in [3.8, 4) is 0 Å². The Hall–Kier alpha value is -0.946. The van der Waals surface area contributed by atoms with Gasteiger partial charge in [0, 0.05) is 28.7 Å². The summed E-state index contributed by atoms with van der Waals surface area (Å²) >= 11 is 0. The molecule has 1 aliphatic heterocycles. The topological polar surface area (TPSA) is 27.7 Å². The summed E-state index contributed by atoms with van der Waals surface area (Å²) in [6, 6.07) is 10.5. The second-order valence-electron chi connectivity index (χ2n) is 12.6. The summed E-state index contributed by atoms with van der Waals surface area (Å²) in [6.07, 6.45) is 2.68. The molecular weight excluding hydrogens is 428 g/mol. The standard InChI is InChI=1S/C27H46O3Si2/c1-25(2,3)31(10,11)28-21-19-23-18-15-20-29-32(26(4,5)6,27(7,8)9)30-24(23)22-16-13-12-14-17-22/h12-17,24H,19-21H2,1-11H3. The Balaban J connectivity index is 2.46. The molecule has 0 amide bonds. The van der Waals surface area contributed by atoms with Crippen LogP contribution in [-0.4, -0.2) is 30.1 Å². The van der Waals surface area contributed by atoms with Gasteiger partial charge in [-0.3, -0.25) is 0 Å². The van der Waals surface area contributed by atoms with Crippen LogP contribution in [0.15, 0.2) is 47.7 Å². The van der Waals surface area contributed by atoms with Crippen LogP contribution in [0.4, 0.5) is 0 Å². The van der Waals surface area contributed by atoms with Crippen molar-refractivity contribution in [1.82, 2.24) is 0 Å². The minimum absolute atomic E-state index is 0.0911. The molecule has 1 heterocycles. The van der Waals surface area contributed by atoms with Crippen LogP contribution < -0.4 is 0 Å². The van der Waals surface area contributed by atoms with E-state index in [0.717, 1.165) is 17.6 Å². The first-order chi connectivity index (χ1) is 14.5. The van der Waals surface area contributed by atoms with Crippen LogP contribution >= 0.6 is 0 Å². The molecule has 0 aliphatic carbocycles. The van der Waals surface area contributed by atoms with Crippen molar-refractivity contribution in [2.45, 2.75) is 103 Å². The number of hydrogen-bond donors (Lipinski definition) is 0. The average Bonchev–Trinajstić information content (AvgIpc) is 2.61. The molecule has 32 heavy (non-hydrogen) atoms. The Kier molecular flexibility index (Phi) is 8.30. The maximum atomic E-state index is 7.21. The lowest BCUT2D eigenvalue weighted by molar-refractivity contribution is 0.0980. The van der Waals surface area contributed by atoms with Crippen molar-refractivity contribution in [3.63, 3.8) is 0 Å². The van der Waals surface area contributed by atoms with Crippen LogP contribution in [0.25, 0.3) is 0 Å². The van der Waals surface area contributed by atoms with Gasteiger partial charge >= 0.3 is 8.56 Å². The largest absolute Gasteiger partial charge is 0.416 e. The Morgan fingerprint density at radius 1 is 0.969 bits per heavy atom. The molecule has 0 aromatic heterocycles. The SMILES string of the molecule is CC(C)(C)[Si](C)(C)OCCC1=C=CCO[Si](C(C)(C)C)(C(C)(C)C)OC1c1ccccc1. The lowest BCUT2D eigenvalue weighted by Gasteiger charge is -2.51. The Morgan fingerprint density at radius 2 is 1.53 bits per heavy atom. The summed E-state index contributed by atoms with van der Waals surface area (Å²) in [5, 5.41) is 0.0142. The third kappa shape index (κ3) is 5.94. The molecule has 0 radical (unpaired) electrons. The first-order valence-corrected chi connectivity index (χ1v) is 16.7. The Morgan fingerprint density at radius 3 is 2.03 bits per heavy atom. The molecule has 0 saturated carbocycles. The normalized spacial score (nSPS) is 20.5. The Labute approximate surface area is 199 Å². The second-order valence-corrected chi connectivity index (χ2v) is 22.1. The van der Waals surface area contributed by atoms with Gasteiger partial charge in [0.2, 0.25) is 0 Å². The van der Waals surface area contributed by atoms with E-state index in [1.807, 2.05) is 0 Å². The lowest BCUT2D eigenvalue weighted by Crippen LogP contribution is -2.58. The van der Waals surface area contributed by atoms with E-state index < -0.39 is 16.9 Å². The molecular formula is C27H46O3Si2.